The summed E-state index contributed by atoms with van der Waals surface area (Å²) in [5, 5.41) is 8.35. The first-order valence-electron chi connectivity index (χ1n) is 9.76. The highest BCUT2D eigenvalue weighted by Gasteiger charge is 2.17. The molecule has 7 heteroatoms. The molecule has 0 spiro atoms. The molecular weight excluding hydrogens is 381 g/mol. The van der Waals surface area contributed by atoms with Gasteiger partial charge in [0.25, 0.3) is 0 Å². The highest BCUT2D eigenvalue weighted by atomic mass is 19.1. The van der Waals surface area contributed by atoms with E-state index in [-0.39, 0.29) is 11.6 Å². The van der Waals surface area contributed by atoms with Crippen molar-refractivity contribution in [2.24, 2.45) is 13.0 Å². The second-order valence-electron chi connectivity index (χ2n) is 7.65. The van der Waals surface area contributed by atoms with E-state index >= 15 is 0 Å². The van der Waals surface area contributed by atoms with Gasteiger partial charge in [-0.05, 0) is 54.4 Å². The number of aromatic nitrogens is 5. The van der Waals surface area contributed by atoms with Crippen molar-refractivity contribution in [3.63, 3.8) is 0 Å². The zero-order chi connectivity index (χ0) is 21.3. The van der Waals surface area contributed by atoms with Crippen molar-refractivity contribution in [3.8, 4) is 28.3 Å². The zero-order valence-corrected chi connectivity index (χ0v) is 17.1. The number of benzene rings is 2. The molecule has 0 aliphatic rings. The third-order valence-electron chi connectivity index (χ3n) is 4.85. The average molecular weight is 403 g/mol. The summed E-state index contributed by atoms with van der Waals surface area (Å²) >= 11 is 0. The first-order chi connectivity index (χ1) is 14.4. The Balaban J connectivity index is 1.63. The second-order valence-corrected chi connectivity index (χ2v) is 7.65. The Hall–Kier alpha value is -3.61. The minimum absolute atomic E-state index is 0.146. The monoisotopic (exact) mass is 403 g/mol. The summed E-state index contributed by atoms with van der Waals surface area (Å²) in [4.78, 5) is 16.8. The van der Waals surface area contributed by atoms with Crippen molar-refractivity contribution >= 4 is 5.78 Å². The van der Waals surface area contributed by atoms with Crippen molar-refractivity contribution in [1.29, 1.82) is 0 Å². The van der Waals surface area contributed by atoms with Crippen LogP contribution < -0.4 is 0 Å². The van der Waals surface area contributed by atoms with Crippen LogP contribution >= 0.6 is 0 Å². The number of imidazole rings is 1. The van der Waals surface area contributed by atoms with Crippen molar-refractivity contribution in [3.05, 3.63) is 72.4 Å². The standard InChI is InChI=1S/C23H22FN5O/c1-15(2)12-21(30)16-6-10-19(11-7-16)29-13-20(25-14-29)23-22(26-27-28(23)3)17-4-8-18(24)9-5-17/h4-11,13-15H,12H2,1-3H3. The van der Waals surface area contributed by atoms with E-state index in [1.165, 1.54) is 12.1 Å². The highest BCUT2D eigenvalue weighted by Crippen LogP contribution is 2.29. The summed E-state index contributed by atoms with van der Waals surface area (Å²) in [6.07, 6.45) is 4.13. The Morgan fingerprint density at radius 2 is 1.77 bits per heavy atom. The van der Waals surface area contributed by atoms with Crippen LogP contribution in [0.1, 0.15) is 30.6 Å². The molecule has 0 atom stereocenters. The number of Topliss-reactive ketones (excluding diaryl/α,β-unsaturated/α-hetero) is 1. The van der Waals surface area contributed by atoms with Crippen LogP contribution in [0.15, 0.2) is 61.1 Å². The van der Waals surface area contributed by atoms with Gasteiger partial charge < -0.3 is 4.57 Å². The topological polar surface area (TPSA) is 65.6 Å². The molecule has 6 nitrogen and oxygen atoms in total. The summed E-state index contributed by atoms with van der Waals surface area (Å²) in [5.41, 5.74) is 4.45. The Morgan fingerprint density at radius 3 is 2.43 bits per heavy atom. The van der Waals surface area contributed by atoms with Crippen LogP contribution in [0.2, 0.25) is 0 Å². The molecular formula is C23H22FN5O. The molecule has 0 N–H and O–H groups in total. The molecule has 0 fully saturated rings. The molecule has 0 amide bonds. The van der Waals surface area contributed by atoms with E-state index in [4.69, 9.17) is 0 Å². The Morgan fingerprint density at radius 1 is 1.07 bits per heavy atom. The molecule has 0 unspecified atom stereocenters. The maximum atomic E-state index is 13.3. The van der Waals surface area contributed by atoms with Crippen LogP contribution in [0.5, 0.6) is 0 Å². The summed E-state index contributed by atoms with van der Waals surface area (Å²) in [7, 11) is 1.80. The van der Waals surface area contributed by atoms with Gasteiger partial charge in [0.1, 0.15) is 22.9 Å². The lowest BCUT2D eigenvalue weighted by Crippen LogP contribution is -2.03. The van der Waals surface area contributed by atoms with Crippen LogP contribution in [0.3, 0.4) is 0 Å². The molecule has 4 rings (SSSR count). The van der Waals surface area contributed by atoms with E-state index in [0.29, 0.717) is 29.3 Å². The summed E-state index contributed by atoms with van der Waals surface area (Å²) in [5.74, 6) is 0.174. The van der Waals surface area contributed by atoms with E-state index in [1.54, 1.807) is 30.2 Å². The molecule has 0 aliphatic heterocycles. The minimum Gasteiger partial charge on any atom is -0.306 e. The summed E-state index contributed by atoms with van der Waals surface area (Å²) in [6.45, 7) is 4.07. The lowest BCUT2D eigenvalue weighted by Gasteiger charge is -2.06. The first kappa shape index (κ1) is 19.7. The molecule has 0 bridgehead atoms. The van der Waals surface area contributed by atoms with E-state index in [0.717, 1.165) is 16.9 Å². The number of carbonyl (C=O) groups excluding carboxylic acids is 1. The maximum Gasteiger partial charge on any atom is 0.163 e. The number of hydrogen-bond acceptors (Lipinski definition) is 4. The normalized spacial score (nSPS) is 11.2. The van der Waals surface area contributed by atoms with Crippen LogP contribution in [0, 0.1) is 11.7 Å². The van der Waals surface area contributed by atoms with Crippen LogP contribution in [-0.4, -0.2) is 30.3 Å². The number of nitrogens with zero attached hydrogens (tertiary/aromatic N) is 5. The van der Waals surface area contributed by atoms with Crippen molar-refractivity contribution < 1.29 is 9.18 Å². The van der Waals surface area contributed by atoms with Gasteiger partial charge in [0.2, 0.25) is 0 Å². The molecule has 2 aromatic carbocycles. The number of hydrogen-bond donors (Lipinski definition) is 0. The molecule has 2 aromatic heterocycles. The number of halogens is 1. The van der Waals surface area contributed by atoms with Gasteiger partial charge >= 0.3 is 0 Å². The van der Waals surface area contributed by atoms with Gasteiger partial charge in [0, 0.05) is 36.5 Å². The fraction of sp³-hybridized carbons (Fsp3) is 0.217. The van der Waals surface area contributed by atoms with Gasteiger partial charge in [-0.1, -0.05) is 19.1 Å². The van der Waals surface area contributed by atoms with Crippen LogP contribution in [0.4, 0.5) is 4.39 Å². The molecule has 0 saturated carbocycles. The number of rotatable bonds is 6. The third-order valence-corrected chi connectivity index (χ3v) is 4.85. The largest absolute Gasteiger partial charge is 0.306 e. The van der Waals surface area contributed by atoms with E-state index in [1.807, 2.05) is 48.9 Å². The Labute approximate surface area is 174 Å². The fourth-order valence-electron chi connectivity index (χ4n) is 3.34. The molecule has 2 heterocycles. The number of aryl methyl sites for hydroxylation is 1. The lowest BCUT2D eigenvalue weighted by atomic mass is 10.0. The van der Waals surface area contributed by atoms with Gasteiger partial charge in [-0.15, -0.1) is 5.10 Å². The van der Waals surface area contributed by atoms with Crippen LogP contribution in [-0.2, 0) is 7.05 Å². The predicted octanol–water partition coefficient (Wildman–Crippen LogP) is 4.70. The Kier molecular flexibility index (Phi) is 5.27. The SMILES string of the molecule is CC(C)CC(=O)c1ccc(-n2cnc(-c3c(-c4ccc(F)cc4)nnn3C)c2)cc1. The first-order valence-corrected chi connectivity index (χ1v) is 9.76. The summed E-state index contributed by atoms with van der Waals surface area (Å²) < 4.78 is 16.8. The van der Waals surface area contributed by atoms with Gasteiger partial charge in [-0.3, -0.25) is 4.79 Å². The van der Waals surface area contributed by atoms with Crippen molar-refractivity contribution in [2.45, 2.75) is 20.3 Å². The van der Waals surface area contributed by atoms with Crippen molar-refractivity contribution in [1.82, 2.24) is 24.5 Å². The minimum atomic E-state index is -0.302. The van der Waals surface area contributed by atoms with E-state index in [9.17, 15) is 9.18 Å². The van der Waals surface area contributed by atoms with Gasteiger partial charge in [0.05, 0.1) is 6.33 Å². The Bertz CT molecular complexity index is 1170. The van der Waals surface area contributed by atoms with E-state index < -0.39 is 0 Å². The zero-order valence-electron chi connectivity index (χ0n) is 17.1. The third kappa shape index (κ3) is 3.91. The molecule has 0 aliphatic carbocycles. The molecule has 0 radical (unpaired) electrons. The quantitative estimate of drug-likeness (QED) is 0.438. The second kappa shape index (κ2) is 8.02. The van der Waals surface area contributed by atoms with E-state index in [2.05, 4.69) is 15.3 Å². The molecule has 30 heavy (non-hydrogen) atoms. The lowest BCUT2D eigenvalue weighted by molar-refractivity contribution is 0.0968. The van der Waals surface area contributed by atoms with Gasteiger partial charge in [-0.25, -0.2) is 14.1 Å². The van der Waals surface area contributed by atoms with Crippen molar-refractivity contribution in [2.75, 3.05) is 0 Å². The van der Waals surface area contributed by atoms with Gasteiger partial charge in [-0.2, -0.15) is 0 Å². The number of carbonyl (C=O) groups is 1. The molecule has 152 valence electrons. The number of ketones is 1. The summed E-state index contributed by atoms with van der Waals surface area (Å²) in [6, 6.07) is 13.6. The fourth-order valence-corrected chi connectivity index (χ4v) is 3.34. The smallest absolute Gasteiger partial charge is 0.163 e. The average Bonchev–Trinajstić information content (AvgIpc) is 3.35. The maximum absolute atomic E-state index is 13.3. The van der Waals surface area contributed by atoms with Crippen LogP contribution in [0.25, 0.3) is 28.3 Å². The molecule has 0 saturated heterocycles. The van der Waals surface area contributed by atoms with Gasteiger partial charge in [0.15, 0.2) is 5.78 Å². The molecule has 4 aromatic rings. The highest BCUT2D eigenvalue weighted by molar-refractivity contribution is 5.96. The predicted molar refractivity (Wildman–Crippen MR) is 113 cm³/mol.